The average Bonchev–Trinajstić information content (AvgIpc) is 2.61. The summed E-state index contributed by atoms with van der Waals surface area (Å²) in [5.41, 5.74) is 3.21. The Balaban J connectivity index is 1.84. The number of ether oxygens (including phenoxy) is 2. The zero-order chi connectivity index (χ0) is 19.1. The van der Waals surface area contributed by atoms with Crippen LogP contribution in [0.1, 0.15) is 16.7 Å². The summed E-state index contributed by atoms with van der Waals surface area (Å²) in [7, 11) is 1.71. The van der Waals surface area contributed by atoms with Crippen molar-refractivity contribution in [2.45, 2.75) is 20.4 Å². The van der Waals surface area contributed by atoms with E-state index < -0.39 is 5.97 Å². The molecule has 6 heteroatoms. The van der Waals surface area contributed by atoms with Gasteiger partial charge in [0.15, 0.2) is 13.2 Å². The standard InChI is InChI=1S/C20H23NO5/c1-14-4-7-18(10-15(14)2)25-12-19(22)21(3)11-16-5-8-17(9-6-16)26-13-20(23)24/h4-10H,11-13H2,1-3H3,(H,23,24). The molecule has 2 aromatic rings. The number of amides is 1. The van der Waals surface area contributed by atoms with Crippen LogP contribution in [-0.2, 0) is 16.1 Å². The topological polar surface area (TPSA) is 76.1 Å². The van der Waals surface area contributed by atoms with Gasteiger partial charge in [0.1, 0.15) is 11.5 Å². The van der Waals surface area contributed by atoms with E-state index in [1.54, 1.807) is 36.2 Å². The molecule has 1 N–H and O–H groups in total. The van der Waals surface area contributed by atoms with Crippen LogP contribution >= 0.6 is 0 Å². The molecule has 2 aromatic carbocycles. The summed E-state index contributed by atoms with van der Waals surface area (Å²) >= 11 is 0. The molecule has 0 radical (unpaired) electrons. The second-order valence-electron chi connectivity index (χ2n) is 6.11. The normalized spacial score (nSPS) is 10.3. The molecule has 138 valence electrons. The Bertz CT molecular complexity index is 770. The molecule has 26 heavy (non-hydrogen) atoms. The number of carboxylic acids is 1. The Kier molecular flexibility index (Phi) is 6.60. The maximum Gasteiger partial charge on any atom is 0.341 e. The number of carbonyl (C=O) groups excluding carboxylic acids is 1. The van der Waals surface area contributed by atoms with Crippen LogP contribution in [0.2, 0.25) is 0 Å². The molecule has 6 nitrogen and oxygen atoms in total. The third-order valence-electron chi connectivity index (χ3n) is 3.97. The van der Waals surface area contributed by atoms with E-state index >= 15 is 0 Å². The minimum absolute atomic E-state index is 0.0290. The quantitative estimate of drug-likeness (QED) is 0.786. The molecule has 0 saturated heterocycles. The van der Waals surface area contributed by atoms with Crippen LogP contribution in [0.4, 0.5) is 0 Å². The van der Waals surface area contributed by atoms with Gasteiger partial charge in [-0.3, -0.25) is 4.79 Å². The maximum absolute atomic E-state index is 12.2. The zero-order valence-corrected chi connectivity index (χ0v) is 15.2. The molecule has 0 atom stereocenters. The third kappa shape index (κ3) is 5.81. The molecular formula is C20H23NO5. The first-order valence-corrected chi connectivity index (χ1v) is 8.22. The van der Waals surface area contributed by atoms with Crippen molar-refractivity contribution in [3.63, 3.8) is 0 Å². The molecule has 0 aliphatic carbocycles. The third-order valence-corrected chi connectivity index (χ3v) is 3.97. The average molecular weight is 357 g/mol. The van der Waals surface area contributed by atoms with Crippen molar-refractivity contribution in [1.29, 1.82) is 0 Å². The van der Waals surface area contributed by atoms with Crippen molar-refractivity contribution in [2.24, 2.45) is 0 Å². The number of aryl methyl sites for hydroxylation is 2. The van der Waals surface area contributed by atoms with E-state index in [9.17, 15) is 9.59 Å². The van der Waals surface area contributed by atoms with Gasteiger partial charge in [-0.2, -0.15) is 0 Å². The fourth-order valence-corrected chi connectivity index (χ4v) is 2.26. The maximum atomic E-state index is 12.2. The summed E-state index contributed by atoms with van der Waals surface area (Å²) in [6.07, 6.45) is 0. The summed E-state index contributed by atoms with van der Waals surface area (Å²) in [5, 5.41) is 8.59. The molecule has 0 aliphatic heterocycles. The number of carboxylic acid groups (broad SMARTS) is 1. The van der Waals surface area contributed by atoms with E-state index in [2.05, 4.69) is 0 Å². The zero-order valence-electron chi connectivity index (χ0n) is 15.2. The van der Waals surface area contributed by atoms with Gasteiger partial charge in [-0.15, -0.1) is 0 Å². The first-order valence-electron chi connectivity index (χ1n) is 8.22. The number of hydrogen-bond donors (Lipinski definition) is 1. The Labute approximate surface area is 153 Å². The van der Waals surface area contributed by atoms with E-state index in [-0.39, 0.29) is 19.1 Å². The van der Waals surface area contributed by atoms with Gasteiger partial charge in [0, 0.05) is 13.6 Å². The number of benzene rings is 2. The molecule has 0 aliphatic rings. The SMILES string of the molecule is Cc1ccc(OCC(=O)N(C)Cc2ccc(OCC(=O)O)cc2)cc1C. The highest BCUT2D eigenvalue weighted by molar-refractivity contribution is 5.77. The van der Waals surface area contributed by atoms with Crippen molar-refractivity contribution in [3.05, 3.63) is 59.2 Å². The first-order chi connectivity index (χ1) is 12.3. The minimum Gasteiger partial charge on any atom is -0.484 e. The van der Waals surface area contributed by atoms with E-state index in [0.29, 0.717) is 18.0 Å². The molecule has 2 rings (SSSR count). The number of aliphatic carboxylic acids is 1. The summed E-state index contributed by atoms with van der Waals surface area (Å²) in [6.45, 7) is 4.04. The summed E-state index contributed by atoms with van der Waals surface area (Å²) in [6, 6.07) is 12.7. The monoisotopic (exact) mass is 357 g/mol. The van der Waals surface area contributed by atoms with E-state index in [0.717, 1.165) is 11.1 Å². The fourth-order valence-electron chi connectivity index (χ4n) is 2.26. The molecular weight excluding hydrogens is 334 g/mol. The lowest BCUT2D eigenvalue weighted by molar-refractivity contribution is -0.139. The molecule has 0 bridgehead atoms. The van der Waals surface area contributed by atoms with Crippen LogP contribution in [-0.4, -0.2) is 42.1 Å². The highest BCUT2D eigenvalue weighted by atomic mass is 16.5. The van der Waals surface area contributed by atoms with Gasteiger partial charge in [0.25, 0.3) is 5.91 Å². The van der Waals surface area contributed by atoms with Gasteiger partial charge in [-0.25, -0.2) is 4.79 Å². The van der Waals surface area contributed by atoms with E-state index in [1.807, 2.05) is 32.0 Å². The minimum atomic E-state index is -1.02. The van der Waals surface area contributed by atoms with Crippen LogP contribution in [0, 0.1) is 13.8 Å². The van der Waals surface area contributed by atoms with Crippen molar-refractivity contribution in [1.82, 2.24) is 4.90 Å². The van der Waals surface area contributed by atoms with Crippen LogP contribution in [0.3, 0.4) is 0 Å². The van der Waals surface area contributed by atoms with Gasteiger partial charge in [-0.05, 0) is 54.8 Å². The number of hydrogen-bond acceptors (Lipinski definition) is 4. The Morgan fingerprint density at radius 3 is 2.15 bits per heavy atom. The van der Waals surface area contributed by atoms with E-state index in [1.165, 1.54) is 5.56 Å². The highest BCUT2D eigenvalue weighted by Crippen LogP contribution is 2.17. The number of likely N-dealkylation sites (N-methyl/N-ethyl adjacent to an activating group) is 1. The summed E-state index contributed by atoms with van der Waals surface area (Å²) in [5.74, 6) is -0.00408. The lowest BCUT2D eigenvalue weighted by Gasteiger charge is -2.18. The van der Waals surface area contributed by atoms with Gasteiger partial charge in [0.05, 0.1) is 0 Å². The summed E-state index contributed by atoms with van der Waals surface area (Å²) < 4.78 is 10.6. The number of nitrogens with zero attached hydrogens (tertiary/aromatic N) is 1. The predicted octanol–water partition coefficient (Wildman–Crippen LogP) is 2.80. The highest BCUT2D eigenvalue weighted by Gasteiger charge is 2.11. The first kappa shape index (κ1) is 19.3. The molecule has 0 fully saturated rings. The van der Waals surface area contributed by atoms with Crippen LogP contribution in [0.5, 0.6) is 11.5 Å². The molecule has 0 spiro atoms. The molecule has 0 saturated carbocycles. The number of carbonyl (C=O) groups is 2. The fraction of sp³-hybridized carbons (Fsp3) is 0.300. The van der Waals surface area contributed by atoms with E-state index in [4.69, 9.17) is 14.6 Å². The lowest BCUT2D eigenvalue weighted by atomic mass is 10.1. The van der Waals surface area contributed by atoms with Crippen molar-refractivity contribution >= 4 is 11.9 Å². The Hall–Kier alpha value is -3.02. The molecule has 0 heterocycles. The number of rotatable bonds is 8. The van der Waals surface area contributed by atoms with Crippen LogP contribution < -0.4 is 9.47 Å². The summed E-state index contributed by atoms with van der Waals surface area (Å²) in [4.78, 5) is 24.3. The van der Waals surface area contributed by atoms with Crippen LogP contribution in [0.15, 0.2) is 42.5 Å². The largest absolute Gasteiger partial charge is 0.484 e. The lowest BCUT2D eigenvalue weighted by Crippen LogP contribution is -2.30. The van der Waals surface area contributed by atoms with Crippen molar-refractivity contribution in [2.75, 3.05) is 20.3 Å². The smallest absolute Gasteiger partial charge is 0.341 e. The van der Waals surface area contributed by atoms with Gasteiger partial charge in [-0.1, -0.05) is 18.2 Å². The van der Waals surface area contributed by atoms with Crippen LogP contribution in [0.25, 0.3) is 0 Å². The Morgan fingerprint density at radius 2 is 1.54 bits per heavy atom. The van der Waals surface area contributed by atoms with Gasteiger partial charge < -0.3 is 19.5 Å². The second kappa shape index (κ2) is 8.89. The van der Waals surface area contributed by atoms with Crippen molar-refractivity contribution in [3.8, 4) is 11.5 Å². The Morgan fingerprint density at radius 1 is 0.923 bits per heavy atom. The second-order valence-corrected chi connectivity index (χ2v) is 6.11. The van der Waals surface area contributed by atoms with Crippen molar-refractivity contribution < 1.29 is 24.2 Å². The molecule has 1 amide bonds. The van der Waals surface area contributed by atoms with Gasteiger partial charge in [0.2, 0.25) is 0 Å². The molecule has 0 aromatic heterocycles. The molecule has 0 unspecified atom stereocenters. The van der Waals surface area contributed by atoms with Gasteiger partial charge >= 0.3 is 5.97 Å². The predicted molar refractivity (Wildman–Crippen MR) is 97.5 cm³/mol.